The van der Waals surface area contributed by atoms with Gasteiger partial charge < -0.3 is 10.1 Å². The van der Waals surface area contributed by atoms with Crippen LogP contribution < -0.4 is 10.1 Å². The molecule has 2 aromatic rings. The first-order valence-electron chi connectivity index (χ1n) is 9.48. The normalized spacial score (nSPS) is 15.5. The molecule has 13 heteroatoms. The lowest BCUT2D eigenvalue weighted by Gasteiger charge is -2.33. The number of carbonyl (C=O) groups excluding carboxylic acids is 1. The van der Waals surface area contributed by atoms with Crippen LogP contribution in [-0.4, -0.2) is 67.8 Å². The van der Waals surface area contributed by atoms with Gasteiger partial charge in [0.1, 0.15) is 5.75 Å². The van der Waals surface area contributed by atoms with E-state index < -0.39 is 33.2 Å². The van der Waals surface area contributed by atoms with E-state index in [1.807, 2.05) is 0 Å². The summed E-state index contributed by atoms with van der Waals surface area (Å²) in [5, 5.41) is 13.7. The monoisotopic (exact) mass is 470 g/mol. The van der Waals surface area contributed by atoms with Crippen LogP contribution in [0.4, 0.5) is 20.2 Å². The summed E-state index contributed by atoms with van der Waals surface area (Å²) in [7, 11) is -4.08. The summed E-state index contributed by atoms with van der Waals surface area (Å²) in [6.45, 7) is -2.64. The zero-order chi connectivity index (χ0) is 23.3. The molecule has 1 aliphatic heterocycles. The molecule has 0 spiro atoms. The minimum absolute atomic E-state index is 0.0345. The molecule has 32 heavy (non-hydrogen) atoms. The number of hydrogen-bond acceptors (Lipinski definition) is 7. The molecule has 3 rings (SSSR count). The van der Waals surface area contributed by atoms with Crippen molar-refractivity contribution in [2.75, 3.05) is 38.0 Å². The van der Waals surface area contributed by atoms with Crippen LogP contribution >= 0.6 is 0 Å². The van der Waals surface area contributed by atoms with Crippen molar-refractivity contribution in [2.45, 2.75) is 11.5 Å². The van der Waals surface area contributed by atoms with Crippen molar-refractivity contribution in [3.8, 4) is 5.75 Å². The van der Waals surface area contributed by atoms with E-state index >= 15 is 0 Å². The number of benzene rings is 2. The van der Waals surface area contributed by atoms with E-state index in [9.17, 15) is 32.1 Å². The minimum atomic E-state index is -4.08. The molecule has 1 N–H and O–H groups in total. The van der Waals surface area contributed by atoms with Crippen molar-refractivity contribution in [1.29, 1.82) is 0 Å². The highest BCUT2D eigenvalue weighted by atomic mass is 32.2. The van der Waals surface area contributed by atoms with Crippen LogP contribution in [0.5, 0.6) is 5.75 Å². The molecule has 0 bridgehead atoms. The maximum absolute atomic E-state index is 12.9. The second-order valence-corrected chi connectivity index (χ2v) is 8.73. The number of piperazine rings is 1. The summed E-state index contributed by atoms with van der Waals surface area (Å²) in [6.07, 6.45) is 0. The van der Waals surface area contributed by atoms with Gasteiger partial charge in [-0.15, -0.1) is 0 Å². The molecule has 2 aromatic carbocycles. The van der Waals surface area contributed by atoms with E-state index in [4.69, 9.17) is 0 Å². The van der Waals surface area contributed by atoms with Crippen molar-refractivity contribution in [2.24, 2.45) is 0 Å². The Balaban J connectivity index is 1.60. The van der Waals surface area contributed by atoms with E-state index in [1.54, 1.807) is 11.0 Å². The Bertz CT molecular complexity index is 1090. The molecule has 1 amide bonds. The molecule has 0 atom stereocenters. The molecule has 1 aliphatic rings. The molecule has 10 nitrogen and oxygen atoms in total. The zero-order valence-electron chi connectivity index (χ0n) is 16.7. The Morgan fingerprint density at radius 1 is 1.09 bits per heavy atom. The number of para-hydroxylation sites is 3. The standard InChI is InChI=1S/C19H20F2N4O6S/c20-19(21)31-16-7-3-1-5-14(16)22-18(26)13-23-9-11-24(12-10-23)32(29,30)17-8-4-2-6-15(17)25(27)28/h1-8,19H,9-13H2,(H,22,26). The van der Waals surface area contributed by atoms with Crippen molar-refractivity contribution in [1.82, 2.24) is 9.21 Å². The van der Waals surface area contributed by atoms with Gasteiger partial charge in [-0.05, 0) is 18.2 Å². The fourth-order valence-electron chi connectivity index (χ4n) is 3.25. The predicted molar refractivity (Wildman–Crippen MR) is 110 cm³/mol. The number of alkyl halides is 2. The first-order valence-corrected chi connectivity index (χ1v) is 10.9. The molecule has 172 valence electrons. The topological polar surface area (TPSA) is 122 Å². The predicted octanol–water partition coefficient (Wildman–Crippen LogP) is 2.14. The largest absolute Gasteiger partial charge is 0.433 e. The summed E-state index contributed by atoms with van der Waals surface area (Å²) < 4.78 is 56.2. The molecule has 1 fully saturated rings. The summed E-state index contributed by atoms with van der Waals surface area (Å²) in [5.74, 6) is -0.651. The van der Waals surface area contributed by atoms with Gasteiger partial charge in [0, 0.05) is 32.2 Å². The third-order valence-electron chi connectivity index (χ3n) is 4.76. The molecule has 0 aromatic heterocycles. The maximum Gasteiger partial charge on any atom is 0.387 e. The van der Waals surface area contributed by atoms with Crippen LogP contribution in [0.3, 0.4) is 0 Å². The Hall–Kier alpha value is -3.16. The molecule has 1 heterocycles. The van der Waals surface area contributed by atoms with Gasteiger partial charge in [-0.1, -0.05) is 24.3 Å². The number of nitro groups is 1. The molecule has 1 saturated heterocycles. The quantitative estimate of drug-likeness (QED) is 0.463. The van der Waals surface area contributed by atoms with Crippen LogP contribution in [0, 0.1) is 10.1 Å². The minimum Gasteiger partial charge on any atom is -0.433 e. The average Bonchev–Trinajstić information content (AvgIpc) is 2.75. The first-order chi connectivity index (χ1) is 15.2. The van der Waals surface area contributed by atoms with Crippen LogP contribution in [-0.2, 0) is 14.8 Å². The van der Waals surface area contributed by atoms with E-state index in [-0.39, 0.29) is 49.1 Å². The second-order valence-electron chi connectivity index (χ2n) is 6.83. The summed E-state index contributed by atoms with van der Waals surface area (Å²) in [6, 6.07) is 10.9. The van der Waals surface area contributed by atoms with Gasteiger partial charge in [0.25, 0.3) is 5.69 Å². The van der Waals surface area contributed by atoms with Gasteiger partial charge in [-0.3, -0.25) is 19.8 Å². The third kappa shape index (κ3) is 5.55. The molecule has 0 unspecified atom stereocenters. The summed E-state index contributed by atoms with van der Waals surface area (Å²) in [4.78, 5) is 24.1. The fourth-order valence-corrected chi connectivity index (χ4v) is 4.83. The number of carbonyl (C=O) groups is 1. The lowest BCUT2D eigenvalue weighted by atomic mass is 10.3. The molecular weight excluding hydrogens is 450 g/mol. The van der Waals surface area contributed by atoms with E-state index in [1.165, 1.54) is 36.4 Å². The Morgan fingerprint density at radius 2 is 1.72 bits per heavy atom. The summed E-state index contributed by atoms with van der Waals surface area (Å²) in [5.41, 5.74) is -0.408. The van der Waals surface area contributed by atoms with Crippen LogP contribution in [0.2, 0.25) is 0 Å². The van der Waals surface area contributed by atoms with Gasteiger partial charge in [-0.2, -0.15) is 13.1 Å². The van der Waals surface area contributed by atoms with Crippen molar-refractivity contribution < 1.29 is 31.7 Å². The van der Waals surface area contributed by atoms with Gasteiger partial charge in [0.2, 0.25) is 15.9 Å². The molecular formula is C19H20F2N4O6S. The van der Waals surface area contributed by atoms with E-state index in [0.29, 0.717) is 0 Å². The number of sulfonamides is 1. The number of anilines is 1. The number of nitro benzene ring substituents is 1. The van der Waals surface area contributed by atoms with Gasteiger partial charge in [-0.25, -0.2) is 8.42 Å². The zero-order valence-corrected chi connectivity index (χ0v) is 17.5. The van der Waals surface area contributed by atoms with Crippen molar-refractivity contribution in [3.63, 3.8) is 0 Å². The smallest absolute Gasteiger partial charge is 0.387 e. The van der Waals surface area contributed by atoms with Gasteiger partial charge in [0.05, 0.1) is 17.2 Å². The van der Waals surface area contributed by atoms with Crippen molar-refractivity contribution >= 4 is 27.3 Å². The van der Waals surface area contributed by atoms with Crippen LogP contribution in [0.25, 0.3) is 0 Å². The number of halogens is 2. The highest BCUT2D eigenvalue weighted by Crippen LogP contribution is 2.27. The highest BCUT2D eigenvalue weighted by molar-refractivity contribution is 7.89. The highest BCUT2D eigenvalue weighted by Gasteiger charge is 2.33. The second kappa shape index (κ2) is 9.97. The third-order valence-corrected chi connectivity index (χ3v) is 6.70. The van der Waals surface area contributed by atoms with E-state index in [0.717, 1.165) is 10.4 Å². The summed E-state index contributed by atoms with van der Waals surface area (Å²) >= 11 is 0. The van der Waals surface area contributed by atoms with E-state index in [2.05, 4.69) is 10.1 Å². The SMILES string of the molecule is O=C(CN1CCN(S(=O)(=O)c2ccccc2[N+](=O)[O-])CC1)Nc1ccccc1OC(F)F. The average molecular weight is 470 g/mol. The number of ether oxygens (including phenoxy) is 1. The van der Waals surface area contributed by atoms with Crippen LogP contribution in [0.1, 0.15) is 0 Å². The Labute approximate surface area is 182 Å². The Morgan fingerprint density at radius 3 is 2.38 bits per heavy atom. The Kier molecular flexibility index (Phi) is 7.33. The van der Waals surface area contributed by atoms with Crippen LogP contribution in [0.15, 0.2) is 53.4 Å². The van der Waals surface area contributed by atoms with Gasteiger partial charge in [0.15, 0.2) is 4.90 Å². The molecule has 0 aliphatic carbocycles. The lowest BCUT2D eigenvalue weighted by molar-refractivity contribution is -0.387. The maximum atomic E-state index is 12.9. The number of rotatable bonds is 8. The number of nitrogens with one attached hydrogen (secondary N) is 1. The van der Waals surface area contributed by atoms with Crippen molar-refractivity contribution in [3.05, 3.63) is 58.6 Å². The number of hydrogen-bond donors (Lipinski definition) is 1. The van der Waals surface area contributed by atoms with Gasteiger partial charge >= 0.3 is 6.61 Å². The lowest BCUT2D eigenvalue weighted by Crippen LogP contribution is -2.50. The number of amides is 1. The number of nitrogens with zero attached hydrogens (tertiary/aromatic N) is 3. The molecule has 0 radical (unpaired) electrons. The molecule has 0 saturated carbocycles. The fraction of sp³-hybridized carbons (Fsp3) is 0.316. The first kappa shape index (κ1) is 23.5.